The molecule has 2 nitrogen and oxygen atoms in total. The highest BCUT2D eigenvalue weighted by Gasteiger charge is 2.07. The summed E-state index contributed by atoms with van der Waals surface area (Å²) in [6.07, 6.45) is 0. The van der Waals surface area contributed by atoms with Gasteiger partial charge in [-0.3, -0.25) is 0 Å². The Kier molecular flexibility index (Phi) is 4.72. The van der Waals surface area contributed by atoms with Crippen LogP contribution in [0.2, 0.25) is 5.02 Å². The van der Waals surface area contributed by atoms with Gasteiger partial charge >= 0.3 is 0 Å². The molecular formula is C10H14BrClNO+. The maximum Gasteiger partial charge on any atom is 0.152 e. The molecule has 0 saturated carbocycles. The summed E-state index contributed by atoms with van der Waals surface area (Å²) in [5, 5.41) is 2.73. The van der Waals surface area contributed by atoms with Gasteiger partial charge in [-0.25, -0.2) is 0 Å². The zero-order chi connectivity index (χ0) is 10.6. The van der Waals surface area contributed by atoms with Crippen LogP contribution in [0.15, 0.2) is 16.6 Å². The molecule has 0 spiro atoms. The number of hydrogen-bond donors (Lipinski definition) is 1. The van der Waals surface area contributed by atoms with Gasteiger partial charge in [-0.2, -0.15) is 0 Å². The van der Waals surface area contributed by atoms with Gasteiger partial charge in [0.2, 0.25) is 0 Å². The van der Waals surface area contributed by atoms with Crippen molar-refractivity contribution < 1.29 is 10.1 Å². The van der Waals surface area contributed by atoms with Crippen molar-refractivity contribution in [2.45, 2.75) is 6.92 Å². The zero-order valence-corrected chi connectivity index (χ0v) is 10.7. The molecule has 0 aliphatic carbocycles. The first-order chi connectivity index (χ1) is 6.65. The highest BCUT2D eigenvalue weighted by atomic mass is 79.9. The largest absolute Gasteiger partial charge is 0.485 e. The summed E-state index contributed by atoms with van der Waals surface area (Å²) in [7, 11) is 2.01. The minimum atomic E-state index is 0.660. The first-order valence-electron chi connectivity index (χ1n) is 4.51. The number of ether oxygens (including phenoxy) is 1. The van der Waals surface area contributed by atoms with E-state index in [2.05, 4.69) is 21.2 Å². The third-order valence-corrected chi connectivity index (χ3v) is 2.67. The molecule has 0 aliphatic rings. The van der Waals surface area contributed by atoms with Crippen molar-refractivity contribution in [2.75, 3.05) is 20.2 Å². The molecule has 1 aromatic rings. The zero-order valence-electron chi connectivity index (χ0n) is 8.31. The molecule has 0 heterocycles. The normalized spacial score (nSPS) is 10.3. The molecule has 2 N–H and O–H groups in total. The average Bonchev–Trinajstić information content (AvgIpc) is 2.09. The molecule has 0 bridgehead atoms. The lowest BCUT2D eigenvalue weighted by Gasteiger charge is -2.09. The Hall–Kier alpha value is -0.250. The van der Waals surface area contributed by atoms with E-state index in [1.54, 1.807) is 0 Å². The Bertz CT molecular complexity index is 294. The number of halogens is 2. The summed E-state index contributed by atoms with van der Waals surface area (Å²) >= 11 is 9.48. The topological polar surface area (TPSA) is 25.8 Å². The lowest BCUT2D eigenvalue weighted by atomic mass is 10.2. The third-order valence-electron chi connectivity index (χ3n) is 1.80. The van der Waals surface area contributed by atoms with E-state index in [0.717, 1.165) is 22.3 Å². The van der Waals surface area contributed by atoms with Crippen molar-refractivity contribution >= 4 is 27.5 Å². The van der Waals surface area contributed by atoms with Crippen LogP contribution in [0.25, 0.3) is 0 Å². The van der Waals surface area contributed by atoms with E-state index in [-0.39, 0.29) is 0 Å². The van der Waals surface area contributed by atoms with Crippen LogP contribution in [0.4, 0.5) is 0 Å². The van der Waals surface area contributed by atoms with Crippen LogP contribution in [0.1, 0.15) is 5.56 Å². The standard InChI is InChI=1S/C10H13BrClNO/c1-7-5-8(11)10(9(12)6-7)14-4-3-13-2/h5-6,13H,3-4H2,1-2H3/p+1. The van der Waals surface area contributed by atoms with Crippen molar-refractivity contribution in [3.63, 3.8) is 0 Å². The molecule has 0 saturated heterocycles. The molecule has 14 heavy (non-hydrogen) atoms. The molecule has 0 fully saturated rings. The monoisotopic (exact) mass is 278 g/mol. The summed E-state index contributed by atoms with van der Waals surface area (Å²) < 4.78 is 6.47. The van der Waals surface area contributed by atoms with E-state index in [1.807, 2.05) is 26.1 Å². The molecule has 1 aromatic carbocycles. The molecule has 0 unspecified atom stereocenters. The highest BCUT2D eigenvalue weighted by Crippen LogP contribution is 2.34. The Labute approximate surface area is 97.7 Å². The second-order valence-corrected chi connectivity index (χ2v) is 4.36. The number of benzene rings is 1. The number of quaternary nitrogens is 1. The average molecular weight is 280 g/mol. The number of rotatable bonds is 4. The van der Waals surface area contributed by atoms with Crippen molar-refractivity contribution in [1.29, 1.82) is 0 Å². The van der Waals surface area contributed by atoms with Gasteiger partial charge in [-0.05, 0) is 40.5 Å². The third kappa shape index (κ3) is 3.15. The van der Waals surface area contributed by atoms with Gasteiger partial charge < -0.3 is 10.1 Å². The second kappa shape index (κ2) is 5.59. The summed E-state index contributed by atoms with van der Waals surface area (Å²) in [6, 6.07) is 3.90. The quantitative estimate of drug-likeness (QED) is 0.838. The van der Waals surface area contributed by atoms with Crippen LogP contribution in [-0.2, 0) is 0 Å². The Morgan fingerprint density at radius 2 is 2.21 bits per heavy atom. The number of nitrogens with two attached hydrogens (primary N) is 1. The maximum absolute atomic E-state index is 6.05. The lowest BCUT2D eigenvalue weighted by Crippen LogP contribution is -2.80. The summed E-state index contributed by atoms with van der Waals surface area (Å²) in [5.74, 6) is 0.735. The molecule has 78 valence electrons. The van der Waals surface area contributed by atoms with Crippen LogP contribution >= 0.6 is 27.5 Å². The number of hydrogen-bond acceptors (Lipinski definition) is 1. The maximum atomic E-state index is 6.05. The van der Waals surface area contributed by atoms with E-state index in [4.69, 9.17) is 16.3 Å². The fraction of sp³-hybridized carbons (Fsp3) is 0.400. The van der Waals surface area contributed by atoms with Gasteiger partial charge in [0.25, 0.3) is 0 Å². The summed E-state index contributed by atoms with van der Waals surface area (Å²) in [5.41, 5.74) is 1.12. The van der Waals surface area contributed by atoms with Crippen LogP contribution in [-0.4, -0.2) is 20.2 Å². The van der Waals surface area contributed by atoms with Gasteiger partial charge in [-0.1, -0.05) is 11.6 Å². The first kappa shape index (κ1) is 11.8. The van der Waals surface area contributed by atoms with E-state index >= 15 is 0 Å². The molecule has 0 aliphatic heterocycles. The van der Waals surface area contributed by atoms with Gasteiger partial charge in [0.05, 0.1) is 16.5 Å². The molecule has 0 aromatic heterocycles. The van der Waals surface area contributed by atoms with Gasteiger partial charge in [0.1, 0.15) is 13.2 Å². The van der Waals surface area contributed by atoms with Crippen molar-refractivity contribution in [3.05, 3.63) is 27.2 Å². The smallest absolute Gasteiger partial charge is 0.152 e. The van der Waals surface area contributed by atoms with Crippen LogP contribution < -0.4 is 10.1 Å². The molecule has 4 heteroatoms. The fourth-order valence-corrected chi connectivity index (χ4v) is 2.24. The second-order valence-electron chi connectivity index (χ2n) is 3.10. The molecule has 0 radical (unpaired) electrons. The van der Waals surface area contributed by atoms with E-state index < -0.39 is 0 Å². The Balaban J connectivity index is 2.75. The summed E-state index contributed by atoms with van der Waals surface area (Å²) in [4.78, 5) is 0. The number of aryl methyl sites for hydroxylation is 1. The predicted molar refractivity (Wildman–Crippen MR) is 62.1 cm³/mol. The fourth-order valence-electron chi connectivity index (χ4n) is 1.10. The van der Waals surface area contributed by atoms with E-state index in [0.29, 0.717) is 11.6 Å². The van der Waals surface area contributed by atoms with E-state index in [1.165, 1.54) is 0 Å². The molecule has 0 atom stereocenters. The first-order valence-corrected chi connectivity index (χ1v) is 5.68. The van der Waals surface area contributed by atoms with Crippen molar-refractivity contribution in [1.82, 2.24) is 0 Å². The van der Waals surface area contributed by atoms with Gasteiger partial charge in [-0.15, -0.1) is 0 Å². The molecule has 1 rings (SSSR count). The van der Waals surface area contributed by atoms with Crippen molar-refractivity contribution in [3.8, 4) is 5.75 Å². The van der Waals surface area contributed by atoms with Crippen molar-refractivity contribution in [2.24, 2.45) is 0 Å². The Morgan fingerprint density at radius 3 is 2.79 bits per heavy atom. The van der Waals surface area contributed by atoms with Gasteiger partial charge in [0, 0.05) is 0 Å². The minimum absolute atomic E-state index is 0.660. The minimum Gasteiger partial charge on any atom is -0.485 e. The lowest BCUT2D eigenvalue weighted by molar-refractivity contribution is -0.627. The van der Waals surface area contributed by atoms with Crippen LogP contribution in [0.3, 0.4) is 0 Å². The van der Waals surface area contributed by atoms with Gasteiger partial charge in [0.15, 0.2) is 5.75 Å². The summed E-state index contributed by atoms with van der Waals surface area (Å²) in [6.45, 7) is 3.59. The SMILES string of the molecule is C[NH2+]CCOc1c(Cl)cc(C)cc1Br. The Morgan fingerprint density at radius 1 is 1.50 bits per heavy atom. The van der Waals surface area contributed by atoms with Crippen LogP contribution in [0.5, 0.6) is 5.75 Å². The number of likely N-dealkylation sites (N-methyl/N-ethyl adjacent to an activating group) is 1. The highest BCUT2D eigenvalue weighted by molar-refractivity contribution is 9.10. The van der Waals surface area contributed by atoms with E-state index in [9.17, 15) is 0 Å². The van der Waals surface area contributed by atoms with Crippen LogP contribution in [0, 0.1) is 6.92 Å². The molecule has 0 amide bonds. The predicted octanol–water partition coefficient (Wildman–Crippen LogP) is 1.98. The molecular weight excluding hydrogens is 265 g/mol.